The second-order valence-electron chi connectivity index (χ2n) is 4.97. The number of benzene rings is 1. The third-order valence-corrected chi connectivity index (χ3v) is 5.13. The zero-order valence-corrected chi connectivity index (χ0v) is 14.9. The average molecular weight is 378 g/mol. The molecule has 118 valence electrons. The van der Waals surface area contributed by atoms with E-state index in [-0.39, 0.29) is 10.8 Å². The van der Waals surface area contributed by atoms with Crippen molar-refractivity contribution in [3.63, 3.8) is 0 Å². The van der Waals surface area contributed by atoms with E-state index < -0.39 is 22.0 Å². The van der Waals surface area contributed by atoms with Crippen molar-refractivity contribution in [3.8, 4) is 0 Å². The summed E-state index contributed by atoms with van der Waals surface area (Å²) >= 11 is 3.32. The summed E-state index contributed by atoms with van der Waals surface area (Å²) in [5, 5.41) is 0. The number of hydrogen-bond donors (Lipinski definition) is 1. The van der Waals surface area contributed by atoms with Crippen molar-refractivity contribution in [2.45, 2.75) is 38.1 Å². The Morgan fingerprint density at radius 2 is 2.00 bits per heavy atom. The number of sulfonamides is 1. The molecule has 1 aromatic rings. The molecule has 7 heteroatoms. The van der Waals surface area contributed by atoms with Crippen molar-refractivity contribution in [2.24, 2.45) is 5.92 Å². The number of carbonyl (C=O) groups is 1. The van der Waals surface area contributed by atoms with Crippen LogP contribution in [0.2, 0.25) is 0 Å². The Bertz CT molecular complexity index is 613. The van der Waals surface area contributed by atoms with Crippen molar-refractivity contribution < 1.29 is 17.9 Å². The predicted molar refractivity (Wildman–Crippen MR) is 84.5 cm³/mol. The van der Waals surface area contributed by atoms with Gasteiger partial charge in [-0.3, -0.25) is 4.79 Å². The highest BCUT2D eigenvalue weighted by molar-refractivity contribution is 9.10. The Hall–Kier alpha value is -0.920. The van der Waals surface area contributed by atoms with Gasteiger partial charge in [-0.15, -0.1) is 0 Å². The van der Waals surface area contributed by atoms with Gasteiger partial charge in [0, 0.05) is 4.47 Å². The maximum absolute atomic E-state index is 12.5. The molecule has 0 amide bonds. The van der Waals surface area contributed by atoms with E-state index in [0.29, 0.717) is 12.0 Å². The Kier molecular flexibility index (Phi) is 6.37. The number of esters is 1. The predicted octanol–water partition coefficient (Wildman–Crippen LogP) is 2.49. The molecule has 21 heavy (non-hydrogen) atoms. The van der Waals surface area contributed by atoms with Gasteiger partial charge in [0.1, 0.15) is 6.04 Å². The molecule has 0 radical (unpaired) electrons. The summed E-state index contributed by atoms with van der Waals surface area (Å²) in [5.74, 6) is -0.809. The topological polar surface area (TPSA) is 72.5 Å². The summed E-state index contributed by atoms with van der Waals surface area (Å²) in [5.41, 5.74) is 0.684. The zero-order chi connectivity index (χ0) is 16.2. The molecular weight excluding hydrogens is 358 g/mol. The number of aryl methyl sites for hydroxylation is 1. The first-order valence-corrected chi connectivity index (χ1v) is 8.89. The van der Waals surface area contributed by atoms with Crippen molar-refractivity contribution in [1.82, 2.24) is 4.72 Å². The van der Waals surface area contributed by atoms with E-state index in [1.54, 1.807) is 26.0 Å². The number of carbonyl (C=O) groups excluding carboxylic acids is 1. The molecule has 0 saturated carbocycles. The second kappa shape index (κ2) is 7.38. The number of nitrogens with one attached hydrogen (secondary N) is 1. The fourth-order valence-corrected chi connectivity index (χ4v) is 3.93. The monoisotopic (exact) mass is 377 g/mol. The Morgan fingerprint density at radius 3 is 2.48 bits per heavy atom. The molecule has 1 unspecified atom stereocenters. The van der Waals surface area contributed by atoms with Crippen molar-refractivity contribution in [3.05, 3.63) is 28.2 Å². The molecule has 0 aromatic heterocycles. The minimum Gasteiger partial charge on any atom is -0.468 e. The normalized spacial score (nSPS) is 13.2. The zero-order valence-electron chi connectivity index (χ0n) is 12.5. The van der Waals surface area contributed by atoms with E-state index in [1.807, 2.05) is 6.92 Å². The van der Waals surface area contributed by atoms with Crippen LogP contribution in [0.4, 0.5) is 0 Å². The van der Waals surface area contributed by atoms with Gasteiger partial charge >= 0.3 is 5.97 Å². The van der Waals surface area contributed by atoms with Crippen LogP contribution in [0.3, 0.4) is 0 Å². The minimum absolute atomic E-state index is 0.183. The lowest BCUT2D eigenvalue weighted by Crippen LogP contribution is -2.45. The van der Waals surface area contributed by atoms with E-state index in [2.05, 4.69) is 25.4 Å². The second-order valence-corrected chi connectivity index (χ2v) is 7.57. The standard InChI is InChI=1S/C14H20BrNO4S/c1-5-10-8-11(15)6-7-12(10)21(18,19)16-13(9(2)3)14(17)20-4/h6-9,13,16H,5H2,1-4H3. The summed E-state index contributed by atoms with van der Waals surface area (Å²) < 4.78 is 33.0. The van der Waals surface area contributed by atoms with Crippen LogP contribution in [0.5, 0.6) is 0 Å². The van der Waals surface area contributed by atoms with Crippen molar-refractivity contribution in [2.75, 3.05) is 7.11 Å². The van der Waals surface area contributed by atoms with Gasteiger partial charge in [-0.2, -0.15) is 4.72 Å². The first-order chi connectivity index (χ1) is 9.72. The lowest BCUT2D eigenvalue weighted by molar-refractivity contribution is -0.143. The molecule has 0 fully saturated rings. The minimum atomic E-state index is -3.79. The van der Waals surface area contributed by atoms with Gasteiger partial charge in [-0.25, -0.2) is 8.42 Å². The van der Waals surface area contributed by atoms with Gasteiger partial charge in [0.2, 0.25) is 10.0 Å². The smallest absolute Gasteiger partial charge is 0.324 e. The third kappa shape index (κ3) is 4.52. The number of hydrogen-bond acceptors (Lipinski definition) is 4. The molecular formula is C14H20BrNO4S. The van der Waals surface area contributed by atoms with E-state index >= 15 is 0 Å². The molecule has 1 atom stereocenters. The molecule has 0 heterocycles. The highest BCUT2D eigenvalue weighted by Gasteiger charge is 2.30. The number of methoxy groups -OCH3 is 1. The molecule has 5 nitrogen and oxygen atoms in total. The van der Waals surface area contributed by atoms with Crippen LogP contribution in [0.15, 0.2) is 27.6 Å². The van der Waals surface area contributed by atoms with E-state index in [0.717, 1.165) is 4.47 Å². The van der Waals surface area contributed by atoms with E-state index in [1.165, 1.54) is 13.2 Å². The summed E-state index contributed by atoms with van der Waals surface area (Å²) in [7, 11) is -2.55. The van der Waals surface area contributed by atoms with Gasteiger partial charge in [-0.1, -0.05) is 36.7 Å². The van der Waals surface area contributed by atoms with Gasteiger partial charge < -0.3 is 4.74 Å². The lowest BCUT2D eigenvalue weighted by Gasteiger charge is -2.20. The lowest BCUT2D eigenvalue weighted by atomic mass is 10.1. The average Bonchev–Trinajstić information content (AvgIpc) is 2.43. The van der Waals surface area contributed by atoms with Crippen LogP contribution in [0, 0.1) is 5.92 Å². The van der Waals surface area contributed by atoms with Gasteiger partial charge in [0.15, 0.2) is 0 Å². The Morgan fingerprint density at radius 1 is 1.38 bits per heavy atom. The quantitative estimate of drug-likeness (QED) is 0.772. The first kappa shape index (κ1) is 18.1. The molecule has 0 saturated heterocycles. The maximum atomic E-state index is 12.5. The highest BCUT2D eigenvalue weighted by Crippen LogP contribution is 2.22. The van der Waals surface area contributed by atoms with Crippen LogP contribution < -0.4 is 4.72 Å². The van der Waals surface area contributed by atoms with Crippen LogP contribution in [0.1, 0.15) is 26.3 Å². The Balaban J connectivity index is 3.19. The first-order valence-electron chi connectivity index (χ1n) is 6.61. The van der Waals surface area contributed by atoms with E-state index in [9.17, 15) is 13.2 Å². The van der Waals surface area contributed by atoms with Crippen molar-refractivity contribution in [1.29, 1.82) is 0 Å². The molecule has 1 N–H and O–H groups in total. The SMILES string of the molecule is CCc1cc(Br)ccc1S(=O)(=O)NC(C(=O)OC)C(C)C. The third-order valence-electron chi connectivity index (χ3n) is 3.10. The van der Waals surface area contributed by atoms with Crippen LogP contribution in [-0.4, -0.2) is 27.5 Å². The van der Waals surface area contributed by atoms with Gasteiger partial charge in [0.25, 0.3) is 0 Å². The highest BCUT2D eigenvalue weighted by atomic mass is 79.9. The molecule has 1 aromatic carbocycles. The number of ether oxygens (including phenoxy) is 1. The molecule has 0 spiro atoms. The van der Waals surface area contributed by atoms with Crippen LogP contribution in [0.25, 0.3) is 0 Å². The van der Waals surface area contributed by atoms with Crippen LogP contribution >= 0.6 is 15.9 Å². The summed E-state index contributed by atoms with van der Waals surface area (Å²) in [6, 6.07) is 4.04. The molecule has 0 bridgehead atoms. The summed E-state index contributed by atoms with van der Waals surface area (Å²) in [6.07, 6.45) is 0.570. The summed E-state index contributed by atoms with van der Waals surface area (Å²) in [4.78, 5) is 11.9. The molecule has 0 aliphatic heterocycles. The summed E-state index contributed by atoms with van der Waals surface area (Å²) in [6.45, 7) is 5.39. The van der Waals surface area contributed by atoms with Gasteiger partial charge in [-0.05, 0) is 36.1 Å². The van der Waals surface area contributed by atoms with Gasteiger partial charge in [0.05, 0.1) is 12.0 Å². The number of rotatable bonds is 6. The number of halogens is 1. The Labute approximate surface area is 134 Å². The fraction of sp³-hybridized carbons (Fsp3) is 0.500. The fourth-order valence-electron chi connectivity index (χ4n) is 1.90. The van der Waals surface area contributed by atoms with Crippen molar-refractivity contribution >= 4 is 31.9 Å². The largest absolute Gasteiger partial charge is 0.468 e. The molecule has 0 aliphatic carbocycles. The van der Waals surface area contributed by atoms with Crippen LogP contribution in [-0.2, 0) is 26.0 Å². The van der Waals surface area contributed by atoms with E-state index in [4.69, 9.17) is 0 Å². The maximum Gasteiger partial charge on any atom is 0.324 e. The molecule has 0 aliphatic rings. The molecule has 1 rings (SSSR count).